The number of carbonyl (C=O) groups is 1. The summed E-state index contributed by atoms with van der Waals surface area (Å²) in [5, 5.41) is 19.1. The van der Waals surface area contributed by atoms with Gasteiger partial charge in [0.1, 0.15) is 0 Å². The minimum Gasteiger partial charge on any atom is -0.478 e. The Balaban J connectivity index is 1.86. The van der Waals surface area contributed by atoms with Crippen molar-refractivity contribution < 1.29 is 15.0 Å². The number of nitrogens with two attached hydrogens (primary N) is 1. The monoisotopic (exact) mass is 276 g/mol. The number of hydrogen-bond acceptors (Lipinski definition) is 4. The van der Waals surface area contributed by atoms with E-state index in [2.05, 4.69) is 4.90 Å². The highest BCUT2D eigenvalue weighted by Crippen LogP contribution is 2.37. The van der Waals surface area contributed by atoms with E-state index < -0.39 is 5.97 Å². The second-order valence-electron chi connectivity index (χ2n) is 5.87. The van der Waals surface area contributed by atoms with Gasteiger partial charge >= 0.3 is 5.97 Å². The van der Waals surface area contributed by atoms with Crippen molar-refractivity contribution in [3.8, 4) is 0 Å². The van der Waals surface area contributed by atoms with E-state index in [9.17, 15) is 15.0 Å². The van der Waals surface area contributed by atoms with Crippen LogP contribution in [0, 0.1) is 0 Å². The molecule has 5 heteroatoms. The van der Waals surface area contributed by atoms with Crippen molar-refractivity contribution in [2.45, 2.75) is 50.4 Å². The van der Waals surface area contributed by atoms with Crippen LogP contribution in [0.4, 0.5) is 5.69 Å². The lowest BCUT2D eigenvalue weighted by Gasteiger charge is -2.37. The van der Waals surface area contributed by atoms with Crippen LogP contribution in [0.1, 0.15) is 41.6 Å². The average molecular weight is 276 g/mol. The summed E-state index contributed by atoms with van der Waals surface area (Å²) in [5.41, 5.74) is 7.10. The average Bonchev–Trinajstić information content (AvgIpc) is 2.62. The molecule has 3 rings (SSSR count). The van der Waals surface area contributed by atoms with Crippen molar-refractivity contribution in [3.63, 3.8) is 0 Å². The number of aromatic carboxylic acids is 1. The summed E-state index contributed by atoms with van der Waals surface area (Å²) in [6, 6.07) is 6.00. The fraction of sp³-hybridized carbons (Fsp3) is 0.533. The smallest absolute Gasteiger partial charge is 0.338 e. The standard InChI is InChI=1S/C15H20N2O3/c16-13-3-1-2-9(14(13)15(19)20)8-17-10-4-5-11(17)7-12(18)6-10/h1-3,10-12,18H,4-8,16H2,(H,19,20). The Hall–Kier alpha value is -1.59. The highest BCUT2D eigenvalue weighted by molar-refractivity contribution is 5.95. The number of carboxylic acid groups (broad SMARTS) is 1. The van der Waals surface area contributed by atoms with E-state index in [0.717, 1.165) is 31.2 Å². The van der Waals surface area contributed by atoms with Gasteiger partial charge in [0.2, 0.25) is 0 Å². The van der Waals surface area contributed by atoms with Gasteiger partial charge in [-0.25, -0.2) is 4.79 Å². The number of aliphatic hydroxyl groups is 1. The zero-order valence-electron chi connectivity index (χ0n) is 11.3. The molecule has 1 aromatic carbocycles. The molecular weight excluding hydrogens is 256 g/mol. The molecule has 2 fully saturated rings. The van der Waals surface area contributed by atoms with Crippen molar-refractivity contribution in [1.82, 2.24) is 4.90 Å². The van der Waals surface area contributed by atoms with Crippen LogP contribution in [0.2, 0.25) is 0 Å². The molecule has 1 aromatic rings. The van der Waals surface area contributed by atoms with Crippen LogP contribution in [-0.2, 0) is 6.54 Å². The molecule has 2 heterocycles. The minimum atomic E-state index is -0.970. The van der Waals surface area contributed by atoms with E-state index >= 15 is 0 Å². The van der Waals surface area contributed by atoms with Crippen LogP contribution >= 0.6 is 0 Å². The van der Waals surface area contributed by atoms with E-state index in [1.807, 2.05) is 6.07 Å². The molecule has 0 aliphatic carbocycles. The third-order valence-electron chi connectivity index (χ3n) is 4.61. The summed E-state index contributed by atoms with van der Waals surface area (Å²) in [5.74, 6) is -0.970. The molecule has 20 heavy (non-hydrogen) atoms. The number of nitrogen functional groups attached to an aromatic ring is 1. The molecule has 108 valence electrons. The van der Waals surface area contributed by atoms with E-state index in [-0.39, 0.29) is 11.7 Å². The van der Waals surface area contributed by atoms with E-state index in [1.54, 1.807) is 12.1 Å². The molecule has 5 nitrogen and oxygen atoms in total. The molecule has 2 unspecified atom stereocenters. The molecule has 0 aromatic heterocycles. The topological polar surface area (TPSA) is 86.8 Å². The zero-order valence-corrected chi connectivity index (χ0v) is 11.3. The maximum Gasteiger partial charge on any atom is 0.338 e. The Bertz CT molecular complexity index is 518. The molecule has 2 aliphatic heterocycles. The van der Waals surface area contributed by atoms with Crippen LogP contribution in [0.25, 0.3) is 0 Å². The largest absolute Gasteiger partial charge is 0.478 e. The third kappa shape index (κ3) is 2.27. The first-order valence-corrected chi connectivity index (χ1v) is 7.10. The van der Waals surface area contributed by atoms with E-state index in [1.165, 1.54) is 0 Å². The van der Waals surface area contributed by atoms with Crippen LogP contribution < -0.4 is 5.73 Å². The van der Waals surface area contributed by atoms with Gasteiger partial charge < -0.3 is 15.9 Å². The van der Waals surface area contributed by atoms with Crippen molar-refractivity contribution in [3.05, 3.63) is 29.3 Å². The molecule has 2 saturated heterocycles. The summed E-state index contributed by atoms with van der Waals surface area (Å²) in [4.78, 5) is 13.7. The number of piperidine rings is 1. The lowest BCUT2D eigenvalue weighted by atomic mass is 9.97. The molecule has 0 saturated carbocycles. The first-order valence-electron chi connectivity index (χ1n) is 7.10. The van der Waals surface area contributed by atoms with Crippen LogP contribution in [0.15, 0.2) is 18.2 Å². The summed E-state index contributed by atoms with van der Waals surface area (Å²) in [6.07, 6.45) is 3.56. The molecular formula is C15H20N2O3. The van der Waals surface area contributed by atoms with Crippen molar-refractivity contribution in [2.75, 3.05) is 5.73 Å². The van der Waals surface area contributed by atoms with Gasteiger partial charge in [-0.2, -0.15) is 0 Å². The number of anilines is 1. The molecule has 0 spiro atoms. The predicted octanol–water partition coefficient (Wildman–Crippen LogP) is 1.45. The highest BCUT2D eigenvalue weighted by atomic mass is 16.4. The molecule has 4 N–H and O–H groups in total. The van der Waals surface area contributed by atoms with Crippen LogP contribution in [0.3, 0.4) is 0 Å². The predicted molar refractivity (Wildman–Crippen MR) is 75.4 cm³/mol. The highest BCUT2D eigenvalue weighted by Gasteiger charge is 2.40. The summed E-state index contributed by atoms with van der Waals surface area (Å²) in [6.45, 7) is 0.606. The summed E-state index contributed by atoms with van der Waals surface area (Å²) < 4.78 is 0. The SMILES string of the molecule is Nc1cccc(CN2C3CCC2CC(O)C3)c1C(=O)O. The Morgan fingerprint density at radius 1 is 1.30 bits per heavy atom. The van der Waals surface area contributed by atoms with Crippen LogP contribution in [0.5, 0.6) is 0 Å². The Morgan fingerprint density at radius 3 is 2.55 bits per heavy atom. The number of benzene rings is 1. The van der Waals surface area contributed by atoms with Gasteiger partial charge in [-0.05, 0) is 37.3 Å². The number of carboxylic acids is 1. The Morgan fingerprint density at radius 2 is 1.95 bits per heavy atom. The summed E-state index contributed by atoms with van der Waals surface area (Å²) >= 11 is 0. The fourth-order valence-corrected chi connectivity index (χ4v) is 3.71. The maximum atomic E-state index is 11.4. The first-order chi connectivity index (χ1) is 9.56. The van der Waals surface area contributed by atoms with Gasteiger partial charge in [0.05, 0.1) is 11.7 Å². The molecule has 0 amide bonds. The fourth-order valence-electron chi connectivity index (χ4n) is 3.71. The van der Waals surface area contributed by atoms with Gasteiger partial charge in [0.25, 0.3) is 0 Å². The van der Waals surface area contributed by atoms with Gasteiger partial charge in [0.15, 0.2) is 0 Å². The summed E-state index contributed by atoms with van der Waals surface area (Å²) in [7, 11) is 0. The molecule has 2 aliphatic rings. The second-order valence-corrected chi connectivity index (χ2v) is 5.87. The minimum absolute atomic E-state index is 0.205. The Kier molecular flexibility index (Phi) is 3.40. The van der Waals surface area contributed by atoms with E-state index in [4.69, 9.17) is 5.73 Å². The van der Waals surface area contributed by atoms with Gasteiger partial charge in [-0.15, -0.1) is 0 Å². The Labute approximate surface area is 118 Å². The lowest BCUT2D eigenvalue weighted by Crippen LogP contribution is -2.44. The number of aliphatic hydroxyl groups excluding tert-OH is 1. The molecule has 0 radical (unpaired) electrons. The van der Waals surface area contributed by atoms with Gasteiger partial charge in [-0.1, -0.05) is 12.1 Å². The normalized spacial score (nSPS) is 29.6. The third-order valence-corrected chi connectivity index (χ3v) is 4.61. The number of rotatable bonds is 3. The van der Waals surface area contributed by atoms with Crippen LogP contribution in [-0.4, -0.2) is 39.3 Å². The van der Waals surface area contributed by atoms with Gasteiger partial charge in [-0.3, -0.25) is 4.90 Å². The maximum absolute atomic E-state index is 11.4. The number of hydrogen-bond donors (Lipinski definition) is 3. The zero-order chi connectivity index (χ0) is 14.3. The van der Waals surface area contributed by atoms with E-state index in [0.29, 0.717) is 24.3 Å². The van der Waals surface area contributed by atoms with Crippen molar-refractivity contribution >= 4 is 11.7 Å². The van der Waals surface area contributed by atoms with Crippen molar-refractivity contribution in [1.29, 1.82) is 0 Å². The van der Waals surface area contributed by atoms with Crippen molar-refractivity contribution in [2.24, 2.45) is 0 Å². The quantitative estimate of drug-likeness (QED) is 0.727. The molecule has 2 bridgehead atoms. The first kappa shape index (κ1) is 13.4. The number of fused-ring (bicyclic) bond motifs is 2. The number of nitrogens with zero attached hydrogens (tertiary/aromatic N) is 1. The molecule has 2 atom stereocenters. The lowest BCUT2D eigenvalue weighted by molar-refractivity contribution is 0.0306. The second kappa shape index (κ2) is 5.07. The van der Waals surface area contributed by atoms with Gasteiger partial charge in [0, 0.05) is 24.3 Å².